The van der Waals surface area contributed by atoms with Gasteiger partial charge in [-0.1, -0.05) is 18.2 Å². The summed E-state index contributed by atoms with van der Waals surface area (Å²) in [6, 6.07) is 15.9. The van der Waals surface area contributed by atoms with Gasteiger partial charge >= 0.3 is 5.69 Å². The van der Waals surface area contributed by atoms with Gasteiger partial charge in [0.25, 0.3) is 5.56 Å². The number of ether oxygens (including phenoxy) is 1. The Labute approximate surface area is 265 Å². The van der Waals surface area contributed by atoms with Crippen LogP contribution >= 0.6 is 0 Å². The van der Waals surface area contributed by atoms with E-state index in [1.807, 2.05) is 30.3 Å². The van der Waals surface area contributed by atoms with Crippen LogP contribution in [0, 0.1) is 13.8 Å². The number of aromatic hydroxyl groups is 2. The summed E-state index contributed by atoms with van der Waals surface area (Å²) in [5.74, 6) is -0.631. The molecule has 0 saturated carbocycles. The van der Waals surface area contributed by atoms with Crippen molar-refractivity contribution in [3.8, 4) is 34.2 Å². The van der Waals surface area contributed by atoms with Crippen molar-refractivity contribution in [1.29, 1.82) is 0 Å². The van der Waals surface area contributed by atoms with Gasteiger partial charge in [-0.15, -0.1) is 0 Å². The number of aromatic amines is 1. The van der Waals surface area contributed by atoms with Crippen LogP contribution in [0.15, 0.2) is 82.3 Å². The highest BCUT2D eigenvalue weighted by Crippen LogP contribution is 2.60. The average molecular weight is 627 g/mol. The first-order valence-corrected chi connectivity index (χ1v) is 14.8. The van der Waals surface area contributed by atoms with Crippen molar-refractivity contribution in [2.75, 3.05) is 0 Å². The van der Waals surface area contributed by atoms with Gasteiger partial charge in [0.2, 0.25) is 0 Å². The fraction of sp³-hybridized carbons (Fsp3) is 0.143. The number of allylic oxidation sites excluding steroid dienone is 1. The molecule has 1 atom stereocenters. The highest BCUT2D eigenvalue weighted by atomic mass is 16.5. The number of nitrogens with zero attached hydrogens (tertiary/aromatic N) is 5. The molecule has 8 rings (SSSR count). The van der Waals surface area contributed by atoms with E-state index in [9.17, 15) is 24.6 Å². The topological polar surface area (TPSA) is 165 Å². The van der Waals surface area contributed by atoms with Crippen LogP contribution < -0.4 is 16.0 Å². The molecule has 0 fully saturated rings. The molecule has 0 bridgehead atoms. The van der Waals surface area contributed by atoms with Gasteiger partial charge in [-0.25, -0.2) is 14.5 Å². The Morgan fingerprint density at radius 1 is 0.936 bits per heavy atom. The number of Topliss-reactive ketones (excluding diaryl/α,β-unsaturated/α-hetero) is 1. The standard InChI is InChI=1S/C35H26N6O6/c1-17-28(42)26(22-10-9-21-32(37-22)40(34(46)38-33(21)45)16-19-11-13-36-14-12-19)30-27(29(17)43)35(3)24(47-30)15-23-25(31(35)44)18(2)39-41(23)20-7-5-4-6-8-20/h4-15,42-43H,16H2,1-3H3,(H,38,45,46). The molecule has 0 amide bonds. The number of pyridine rings is 2. The van der Waals surface area contributed by atoms with Crippen LogP contribution in [0.2, 0.25) is 0 Å². The number of carbonyl (C=O) groups is 1. The number of fused-ring (bicyclic) bond motifs is 5. The molecule has 1 aliphatic carbocycles. The molecule has 1 aliphatic heterocycles. The van der Waals surface area contributed by atoms with Crippen molar-refractivity contribution in [3.05, 3.63) is 127 Å². The second-order valence-corrected chi connectivity index (χ2v) is 11.8. The van der Waals surface area contributed by atoms with Crippen LogP contribution in [0.3, 0.4) is 0 Å². The predicted molar refractivity (Wildman–Crippen MR) is 172 cm³/mol. The minimum atomic E-state index is -1.45. The summed E-state index contributed by atoms with van der Waals surface area (Å²) in [6.07, 6.45) is 4.93. The first kappa shape index (κ1) is 28.2. The zero-order chi connectivity index (χ0) is 32.8. The second-order valence-electron chi connectivity index (χ2n) is 11.8. The van der Waals surface area contributed by atoms with Gasteiger partial charge in [-0.2, -0.15) is 5.10 Å². The maximum Gasteiger partial charge on any atom is 0.330 e. The molecule has 0 radical (unpaired) electrons. The van der Waals surface area contributed by atoms with E-state index in [0.717, 1.165) is 11.3 Å². The van der Waals surface area contributed by atoms with Crippen molar-refractivity contribution >= 4 is 22.9 Å². The van der Waals surface area contributed by atoms with Gasteiger partial charge in [-0.3, -0.25) is 24.1 Å². The first-order valence-electron chi connectivity index (χ1n) is 14.8. The zero-order valence-corrected chi connectivity index (χ0v) is 25.4. The Kier molecular flexibility index (Phi) is 5.91. The van der Waals surface area contributed by atoms with E-state index in [1.165, 1.54) is 23.6 Å². The number of hydrogen-bond donors (Lipinski definition) is 3. The van der Waals surface area contributed by atoms with E-state index in [-0.39, 0.29) is 68.8 Å². The smallest absolute Gasteiger partial charge is 0.330 e. The normalized spacial score (nSPS) is 16.4. The lowest BCUT2D eigenvalue weighted by Crippen LogP contribution is -2.36. The zero-order valence-electron chi connectivity index (χ0n) is 25.4. The molecule has 2 aliphatic rings. The van der Waals surface area contributed by atoms with Crippen molar-refractivity contribution in [1.82, 2.24) is 29.3 Å². The third-order valence-corrected chi connectivity index (χ3v) is 9.08. The van der Waals surface area contributed by atoms with E-state index in [2.05, 4.69) is 15.1 Å². The van der Waals surface area contributed by atoms with Crippen LogP contribution in [0.5, 0.6) is 17.2 Å². The van der Waals surface area contributed by atoms with Crippen molar-refractivity contribution in [2.24, 2.45) is 0 Å². The summed E-state index contributed by atoms with van der Waals surface area (Å²) in [5.41, 5.74) is 0.870. The number of phenolic OH excluding ortho intramolecular Hbond substituents is 2. The average Bonchev–Trinajstić information content (AvgIpc) is 3.56. The number of aryl methyl sites for hydroxylation is 1. The Hall–Kier alpha value is -6.30. The molecule has 1 unspecified atom stereocenters. The SMILES string of the molecule is Cc1nn(-c2ccccc2)c2c1C(=O)C1(C)C(=C2)Oc2c(-c3ccc4c(=O)[nH]c(=O)n(Cc5ccncc5)c4n3)c(O)c(C)c(O)c21. The van der Waals surface area contributed by atoms with Crippen LogP contribution in [-0.4, -0.2) is 45.3 Å². The predicted octanol–water partition coefficient (Wildman–Crippen LogP) is 4.30. The molecule has 47 heavy (non-hydrogen) atoms. The van der Waals surface area contributed by atoms with Crippen LogP contribution in [0.25, 0.3) is 34.1 Å². The van der Waals surface area contributed by atoms with Crippen LogP contribution in [0.4, 0.5) is 0 Å². The third kappa shape index (κ3) is 3.87. The molecule has 6 aromatic rings. The lowest BCUT2D eigenvalue weighted by molar-refractivity contribution is 0.0905. The number of carbonyl (C=O) groups excluding carboxylic acids is 1. The Morgan fingerprint density at radius 2 is 1.68 bits per heavy atom. The monoisotopic (exact) mass is 626 g/mol. The van der Waals surface area contributed by atoms with Gasteiger partial charge < -0.3 is 14.9 Å². The summed E-state index contributed by atoms with van der Waals surface area (Å²) < 4.78 is 9.42. The molecule has 232 valence electrons. The number of phenols is 2. The largest absolute Gasteiger partial charge is 0.507 e. The summed E-state index contributed by atoms with van der Waals surface area (Å²) in [5, 5.41) is 27.8. The lowest BCUT2D eigenvalue weighted by atomic mass is 9.71. The first-order chi connectivity index (χ1) is 22.6. The Bertz CT molecular complexity index is 2480. The molecule has 12 nitrogen and oxygen atoms in total. The molecule has 3 N–H and O–H groups in total. The summed E-state index contributed by atoms with van der Waals surface area (Å²) >= 11 is 0. The fourth-order valence-corrected chi connectivity index (χ4v) is 6.58. The van der Waals surface area contributed by atoms with Crippen molar-refractivity contribution in [3.63, 3.8) is 0 Å². The van der Waals surface area contributed by atoms with Gasteiger partial charge in [0.15, 0.2) is 11.4 Å². The van der Waals surface area contributed by atoms with Gasteiger partial charge in [0.05, 0.1) is 51.4 Å². The Morgan fingerprint density at radius 3 is 2.43 bits per heavy atom. The molecular weight excluding hydrogens is 600 g/mol. The number of benzene rings is 2. The van der Waals surface area contributed by atoms with Crippen molar-refractivity contribution in [2.45, 2.75) is 32.7 Å². The van der Waals surface area contributed by atoms with E-state index in [1.54, 1.807) is 49.1 Å². The number of rotatable bonds is 4. The van der Waals surface area contributed by atoms with E-state index in [0.29, 0.717) is 17.0 Å². The van der Waals surface area contributed by atoms with Gasteiger partial charge in [-0.05, 0) is 62.7 Å². The van der Waals surface area contributed by atoms with Crippen LogP contribution in [0.1, 0.15) is 45.4 Å². The summed E-state index contributed by atoms with van der Waals surface area (Å²) in [6.45, 7) is 5.06. The van der Waals surface area contributed by atoms with Gasteiger partial charge in [0.1, 0.15) is 28.4 Å². The molecule has 2 aromatic carbocycles. The van der Waals surface area contributed by atoms with E-state index >= 15 is 0 Å². The molecular formula is C35H26N6O6. The number of H-pyrrole nitrogens is 1. The minimum Gasteiger partial charge on any atom is -0.507 e. The summed E-state index contributed by atoms with van der Waals surface area (Å²) in [4.78, 5) is 51.4. The summed E-state index contributed by atoms with van der Waals surface area (Å²) in [7, 11) is 0. The minimum absolute atomic E-state index is 0.0504. The molecule has 4 aromatic heterocycles. The number of ketones is 1. The molecule has 0 saturated heterocycles. The van der Waals surface area contributed by atoms with E-state index in [4.69, 9.17) is 9.72 Å². The highest BCUT2D eigenvalue weighted by molar-refractivity contribution is 6.14. The molecule has 12 heteroatoms. The van der Waals surface area contributed by atoms with Gasteiger partial charge in [0, 0.05) is 24.0 Å². The maximum absolute atomic E-state index is 14.5. The lowest BCUT2D eigenvalue weighted by Gasteiger charge is -2.27. The fourth-order valence-electron chi connectivity index (χ4n) is 6.58. The van der Waals surface area contributed by atoms with Crippen molar-refractivity contribution < 1.29 is 19.7 Å². The quantitative estimate of drug-likeness (QED) is 0.259. The number of aromatic nitrogens is 6. The Balaban J connectivity index is 1.35. The maximum atomic E-state index is 14.5. The van der Waals surface area contributed by atoms with E-state index < -0.39 is 16.7 Å². The third-order valence-electron chi connectivity index (χ3n) is 9.08. The second kappa shape index (κ2) is 9.85. The molecule has 0 spiro atoms. The number of nitrogens with one attached hydrogen (secondary N) is 1. The molecule has 5 heterocycles. The number of hydrogen-bond acceptors (Lipinski definition) is 9. The highest BCUT2D eigenvalue weighted by Gasteiger charge is 2.55. The number of para-hydroxylation sites is 1. The van der Waals surface area contributed by atoms with Crippen LogP contribution in [-0.2, 0) is 12.0 Å².